The van der Waals surface area contributed by atoms with Crippen molar-refractivity contribution >= 4 is 29.0 Å². The molecule has 0 bridgehead atoms. The highest BCUT2D eigenvalue weighted by molar-refractivity contribution is 5.97. The lowest BCUT2D eigenvalue weighted by Gasteiger charge is -2.24. The molecule has 48 heavy (non-hydrogen) atoms. The molecule has 1 aliphatic rings. The van der Waals surface area contributed by atoms with Crippen molar-refractivity contribution in [1.82, 2.24) is 14.9 Å². The number of nitrogens with one attached hydrogen (secondary N) is 1. The molecule has 2 N–H and O–H groups in total. The van der Waals surface area contributed by atoms with Gasteiger partial charge < -0.3 is 20.1 Å². The fraction of sp³-hybridized carbons (Fsp3) is 0.250. The molecule has 2 amide bonds. The first-order valence-corrected chi connectivity index (χ1v) is 15.2. The van der Waals surface area contributed by atoms with Crippen molar-refractivity contribution in [3.05, 3.63) is 114 Å². The van der Waals surface area contributed by atoms with Crippen molar-refractivity contribution in [2.45, 2.75) is 38.4 Å². The standard InChI is InChI=1S/C36H33F3N4O5/c1-48-31-16-4-23(5-17-31)18-32(44)42-30-14-10-27(11-15-30)35(47)43(22-33(45)46)21-24-2-6-26(7-3-24)34-40-19-28(20-41-34)25-8-12-29(13-9-25)36(37,38)39/h2-8,10-11,14-17,19-20,29H,9,12-13,18,21-22H2,1H3,(H,42,44)(H,45,46). The van der Waals surface area contributed by atoms with E-state index in [0.717, 1.165) is 11.1 Å². The Morgan fingerprint density at radius 3 is 2.12 bits per heavy atom. The molecule has 12 heteroatoms. The first-order chi connectivity index (χ1) is 23.0. The lowest BCUT2D eigenvalue weighted by molar-refractivity contribution is -0.175. The van der Waals surface area contributed by atoms with Crippen molar-refractivity contribution in [3.63, 3.8) is 0 Å². The Balaban J connectivity index is 1.19. The van der Waals surface area contributed by atoms with Gasteiger partial charge in [0.15, 0.2) is 5.82 Å². The molecule has 3 aromatic carbocycles. The van der Waals surface area contributed by atoms with E-state index < -0.39 is 30.5 Å². The number of halogens is 3. The predicted octanol–water partition coefficient (Wildman–Crippen LogP) is 6.81. The van der Waals surface area contributed by atoms with E-state index in [4.69, 9.17) is 4.74 Å². The number of aromatic nitrogens is 2. The smallest absolute Gasteiger partial charge is 0.392 e. The van der Waals surface area contributed by atoms with Gasteiger partial charge in [0.05, 0.1) is 19.4 Å². The number of hydrogen-bond donors (Lipinski definition) is 2. The van der Waals surface area contributed by atoms with Crippen molar-refractivity contribution in [2.24, 2.45) is 5.92 Å². The number of carboxylic acid groups (broad SMARTS) is 1. The topological polar surface area (TPSA) is 122 Å². The summed E-state index contributed by atoms with van der Waals surface area (Å²) in [7, 11) is 1.56. The highest BCUT2D eigenvalue weighted by Gasteiger charge is 2.39. The number of anilines is 1. The third kappa shape index (κ3) is 8.84. The molecule has 0 spiro atoms. The molecule has 1 aliphatic carbocycles. The molecule has 5 rings (SSSR count). The second-order valence-corrected chi connectivity index (χ2v) is 11.4. The van der Waals surface area contributed by atoms with E-state index in [0.29, 0.717) is 40.4 Å². The van der Waals surface area contributed by atoms with E-state index in [1.807, 2.05) is 0 Å². The van der Waals surface area contributed by atoms with Gasteiger partial charge in [-0.05, 0) is 72.4 Å². The van der Waals surface area contributed by atoms with Crippen LogP contribution in [0.25, 0.3) is 17.0 Å². The summed E-state index contributed by atoms with van der Waals surface area (Å²) in [6, 6.07) is 20.4. The first kappa shape index (κ1) is 33.8. The number of nitrogens with zero attached hydrogens (tertiary/aromatic N) is 3. The zero-order valence-corrected chi connectivity index (χ0v) is 26.0. The number of carboxylic acids is 1. The van der Waals surface area contributed by atoms with Crippen LogP contribution in [0.2, 0.25) is 0 Å². The number of methoxy groups -OCH3 is 1. The number of alkyl halides is 3. The maximum Gasteiger partial charge on any atom is 0.392 e. The number of aliphatic carboxylic acids is 1. The lowest BCUT2D eigenvalue weighted by Crippen LogP contribution is -2.35. The molecule has 4 aromatic rings. The van der Waals surface area contributed by atoms with Crippen LogP contribution in [0.5, 0.6) is 5.75 Å². The molecule has 1 unspecified atom stereocenters. The summed E-state index contributed by atoms with van der Waals surface area (Å²) in [6.45, 7) is -0.496. The van der Waals surface area contributed by atoms with Crippen molar-refractivity contribution in [1.29, 1.82) is 0 Å². The number of benzene rings is 3. The summed E-state index contributed by atoms with van der Waals surface area (Å²) in [6.07, 6.45) is 1.05. The minimum Gasteiger partial charge on any atom is -0.497 e. The molecule has 9 nitrogen and oxygen atoms in total. The fourth-order valence-corrected chi connectivity index (χ4v) is 5.39. The van der Waals surface area contributed by atoms with Crippen molar-refractivity contribution in [3.8, 4) is 17.1 Å². The minimum absolute atomic E-state index is 0.0264. The molecule has 1 atom stereocenters. The van der Waals surface area contributed by atoms with Gasteiger partial charge in [0.2, 0.25) is 5.91 Å². The summed E-state index contributed by atoms with van der Waals surface area (Å²) in [5, 5.41) is 12.3. The fourth-order valence-electron chi connectivity index (χ4n) is 5.39. The normalized spacial score (nSPS) is 14.5. The van der Waals surface area contributed by atoms with E-state index in [2.05, 4.69) is 15.3 Å². The second kappa shape index (κ2) is 14.9. The number of amides is 2. The third-order valence-electron chi connectivity index (χ3n) is 8.03. The lowest BCUT2D eigenvalue weighted by atomic mass is 9.87. The third-order valence-corrected chi connectivity index (χ3v) is 8.03. The van der Waals surface area contributed by atoms with E-state index in [1.165, 1.54) is 17.0 Å². The summed E-state index contributed by atoms with van der Waals surface area (Å²) in [5.41, 5.74) is 4.40. The highest BCUT2D eigenvalue weighted by atomic mass is 19.4. The van der Waals surface area contributed by atoms with Crippen LogP contribution >= 0.6 is 0 Å². The summed E-state index contributed by atoms with van der Waals surface area (Å²) < 4.78 is 44.1. The van der Waals surface area contributed by atoms with Gasteiger partial charge in [-0.25, -0.2) is 9.97 Å². The Morgan fingerprint density at radius 1 is 0.917 bits per heavy atom. The average Bonchev–Trinajstić information content (AvgIpc) is 3.08. The van der Waals surface area contributed by atoms with Crippen LogP contribution in [0.15, 0.2) is 91.3 Å². The molecule has 0 radical (unpaired) electrons. The summed E-state index contributed by atoms with van der Waals surface area (Å²) in [4.78, 5) is 47.4. The molecule has 0 saturated carbocycles. The van der Waals surface area contributed by atoms with E-state index in [-0.39, 0.29) is 37.3 Å². The Labute approximate surface area is 275 Å². The Hall–Kier alpha value is -5.52. The molecule has 1 heterocycles. The number of rotatable bonds is 11. The van der Waals surface area contributed by atoms with Gasteiger partial charge in [-0.2, -0.15) is 13.2 Å². The van der Waals surface area contributed by atoms with E-state index in [9.17, 15) is 32.7 Å². The molecular weight excluding hydrogens is 625 g/mol. The largest absolute Gasteiger partial charge is 0.497 e. The first-order valence-electron chi connectivity index (χ1n) is 15.2. The Bertz CT molecular complexity index is 1770. The van der Waals surface area contributed by atoms with Crippen LogP contribution in [0.1, 0.15) is 46.3 Å². The van der Waals surface area contributed by atoms with Crippen LogP contribution in [0, 0.1) is 5.92 Å². The minimum atomic E-state index is -4.20. The molecular formula is C36H33F3N4O5. The number of carbonyl (C=O) groups is 3. The molecule has 0 saturated heterocycles. The van der Waals surface area contributed by atoms with Crippen molar-refractivity contribution < 1.29 is 37.4 Å². The van der Waals surface area contributed by atoms with Gasteiger partial charge in [-0.15, -0.1) is 0 Å². The summed E-state index contributed by atoms with van der Waals surface area (Å²) >= 11 is 0. The van der Waals surface area contributed by atoms with E-state index >= 15 is 0 Å². The van der Waals surface area contributed by atoms with Gasteiger partial charge in [-0.3, -0.25) is 14.4 Å². The SMILES string of the molecule is COc1ccc(CC(=O)Nc2ccc(C(=O)N(CC(=O)O)Cc3ccc(-c4ncc(C5=CCC(C(F)(F)F)CC5)cn4)cc3)cc2)cc1. The van der Waals surface area contributed by atoms with Gasteiger partial charge in [0, 0.05) is 41.3 Å². The predicted molar refractivity (Wildman–Crippen MR) is 173 cm³/mol. The van der Waals surface area contributed by atoms with Gasteiger partial charge >= 0.3 is 12.1 Å². The Morgan fingerprint density at radius 2 is 1.56 bits per heavy atom. The molecule has 1 aromatic heterocycles. The highest BCUT2D eigenvalue weighted by Crippen LogP contribution is 2.39. The summed E-state index contributed by atoms with van der Waals surface area (Å²) in [5.74, 6) is -2.10. The second-order valence-electron chi connectivity index (χ2n) is 11.4. The maximum absolute atomic E-state index is 13.3. The molecule has 0 aliphatic heterocycles. The van der Waals surface area contributed by atoms with Crippen LogP contribution in [-0.4, -0.2) is 57.6 Å². The number of allylic oxidation sites excluding steroid dienone is 2. The quantitative estimate of drug-likeness (QED) is 0.182. The van der Waals surface area contributed by atoms with Crippen LogP contribution in [0.3, 0.4) is 0 Å². The number of ether oxygens (including phenoxy) is 1. The number of hydrogen-bond acceptors (Lipinski definition) is 6. The van der Waals surface area contributed by atoms with Gasteiger partial charge in [0.1, 0.15) is 12.3 Å². The van der Waals surface area contributed by atoms with Crippen LogP contribution in [0.4, 0.5) is 18.9 Å². The Kier molecular flexibility index (Phi) is 10.5. The number of carbonyl (C=O) groups excluding carboxylic acids is 2. The molecule has 0 fully saturated rings. The maximum atomic E-state index is 13.3. The van der Waals surface area contributed by atoms with Gasteiger partial charge in [0.25, 0.3) is 5.91 Å². The zero-order valence-electron chi connectivity index (χ0n) is 26.0. The van der Waals surface area contributed by atoms with Crippen LogP contribution < -0.4 is 10.1 Å². The van der Waals surface area contributed by atoms with Gasteiger partial charge in [-0.1, -0.05) is 42.5 Å². The van der Waals surface area contributed by atoms with Crippen molar-refractivity contribution in [2.75, 3.05) is 19.0 Å². The zero-order chi connectivity index (χ0) is 34.3. The van der Waals surface area contributed by atoms with Crippen LogP contribution in [-0.2, 0) is 22.6 Å². The van der Waals surface area contributed by atoms with E-state index in [1.54, 1.807) is 86.2 Å². The average molecular weight is 659 g/mol. The molecule has 248 valence electrons. The monoisotopic (exact) mass is 658 g/mol.